The summed E-state index contributed by atoms with van der Waals surface area (Å²) in [6.45, 7) is 2.28. The quantitative estimate of drug-likeness (QED) is 0.316. The highest BCUT2D eigenvalue weighted by molar-refractivity contribution is 5.97. The van der Waals surface area contributed by atoms with Crippen LogP contribution < -0.4 is 4.90 Å². The molecule has 0 saturated heterocycles. The minimum Gasteiger partial charge on any atom is -0.301 e. The summed E-state index contributed by atoms with van der Waals surface area (Å²) in [5.41, 5.74) is 2.78. The zero-order valence-corrected chi connectivity index (χ0v) is 20.3. The summed E-state index contributed by atoms with van der Waals surface area (Å²) >= 11 is 0. The van der Waals surface area contributed by atoms with Crippen LogP contribution in [0.3, 0.4) is 0 Å². The van der Waals surface area contributed by atoms with Crippen molar-refractivity contribution < 1.29 is 22.4 Å². The zero-order chi connectivity index (χ0) is 26.6. The van der Waals surface area contributed by atoms with Gasteiger partial charge in [-0.1, -0.05) is 24.3 Å². The number of carbonyl (C=O) groups is 1. The van der Waals surface area contributed by atoms with Gasteiger partial charge in [-0.15, -0.1) is 5.10 Å². The molecule has 1 aliphatic heterocycles. The van der Waals surface area contributed by atoms with Gasteiger partial charge in [-0.3, -0.25) is 9.79 Å². The minimum atomic E-state index is -4.66. The van der Waals surface area contributed by atoms with Gasteiger partial charge in [0, 0.05) is 17.7 Å². The van der Waals surface area contributed by atoms with Crippen molar-refractivity contribution in [2.75, 3.05) is 11.4 Å². The maximum Gasteiger partial charge on any atom is 0.406 e. The fraction of sp³-hybridized carbons (Fsp3) is 0.360. The van der Waals surface area contributed by atoms with Gasteiger partial charge in [0.1, 0.15) is 30.4 Å². The van der Waals surface area contributed by atoms with E-state index in [1.807, 2.05) is 19.9 Å². The number of halogens is 4. The van der Waals surface area contributed by atoms with Crippen molar-refractivity contribution in [3.05, 3.63) is 66.3 Å². The monoisotopic (exact) mass is 515 g/mol. The molecule has 0 N–H and O–H groups in total. The maximum absolute atomic E-state index is 14.5. The second-order valence-corrected chi connectivity index (χ2v) is 8.63. The van der Waals surface area contributed by atoms with Crippen LogP contribution in [0, 0.1) is 5.82 Å². The topological polar surface area (TPSA) is 89.2 Å². The van der Waals surface area contributed by atoms with Gasteiger partial charge in [0.15, 0.2) is 0 Å². The van der Waals surface area contributed by atoms with Crippen molar-refractivity contribution in [1.82, 2.24) is 25.0 Å². The fourth-order valence-corrected chi connectivity index (χ4v) is 4.12. The molecule has 0 radical (unpaired) electrons. The van der Waals surface area contributed by atoms with Crippen LogP contribution >= 0.6 is 0 Å². The molecule has 0 fully saturated rings. The molecule has 3 heterocycles. The number of amides is 1. The Balaban J connectivity index is 1.57. The van der Waals surface area contributed by atoms with Gasteiger partial charge in [0.2, 0.25) is 0 Å². The first-order chi connectivity index (χ1) is 17.7. The lowest BCUT2D eigenvalue weighted by molar-refractivity contribution is -0.134. The average Bonchev–Trinajstić information content (AvgIpc) is 3.31. The number of hydrogen-bond donors (Lipinski definition) is 0. The third kappa shape index (κ3) is 6.25. The summed E-state index contributed by atoms with van der Waals surface area (Å²) in [4.78, 5) is 26.3. The molecule has 0 bridgehead atoms. The molecule has 1 aliphatic rings. The summed E-state index contributed by atoms with van der Waals surface area (Å²) in [5.74, 6) is -1.46. The number of rotatable bonds is 7. The summed E-state index contributed by atoms with van der Waals surface area (Å²) in [7, 11) is 0. The molecule has 0 spiro atoms. The van der Waals surface area contributed by atoms with Crippen molar-refractivity contribution in [2.24, 2.45) is 4.99 Å². The van der Waals surface area contributed by atoms with Gasteiger partial charge in [-0.25, -0.2) is 19.0 Å². The van der Waals surface area contributed by atoms with Crippen LogP contribution in [0.4, 0.5) is 28.9 Å². The van der Waals surface area contributed by atoms with Crippen molar-refractivity contribution in [2.45, 2.75) is 51.7 Å². The molecule has 1 unspecified atom stereocenters. The molecule has 12 heteroatoms. The predicted octanol–water partition coefficient (Wildman–Crippen LogP) is 5.27. The van der Waals surface area contributed by atoms with Gasteiger partial charge in [-0.05, 0) is 43.9 Å². The van der Waals surface area contributed by atoms with Crippen molar-refractivity contribution in [3.8, 4) is 0 Å². The van der Waals surface area contributed by atoms with E-state index in [1.54, 1.807) is 12.4 Å². The van der Waals surface area contributed by atoms with Gasteiger partial charge in [-0.2, -0.15) is 13.2 Å². The number of nitrogens with zero attached hydrogens (tertiary/aromatic N) is 7. The predicted molar refractivity (Wildman–Crippen MR) is 130 cm³/mol. The van der Waals surface area contributed by atoms with E-state index in [0.29, 0.717) is 29.1 Å². The SMILES string of the molecule is CCC(C/C=C(\C)c1cn(C2CCc3c(F)cccc3N(CC(F)(F)F)C2=O)nn1)=Nc1cncnc1. The standard InChI is InChI=1S/C25H25F4N7O/c1-3-17(32-18-11-30-15-31-12-18)8-7-16(2)21-13-36(34-33-21)23-10-9-19-20(26)5-4-6-22(19)35(24(23)37)14-25(27,28)29/h4-7,11-13,15,23H,3,8-10,14H2,1-2H3/b16-7+,32-17?. The van der Waals surface area contributed by atoms with Crippen LogP contribution in [0.1, 0.15) is 50.4 Å². The van der Waals surface area contributed by atoms with E-state index < -0.39 is 30.5 Å². The number of alkyl halides is 3. The number of benzene rings is 1. The second-order valence-electron chi connectivity index (χ2n) is 8.63. The smallest absolute Gasteiger partial charge is 0.301 e. The van der Waals surface area contributed by atoms with E-state index in [2.05, 4.69) is 25.3 Å². The lowest BCUT2D eigenvalue weighted by Gasteiger charge is -2.26. The molecule has 1 aromatic carbocycles. The molecule has 2 aromatic heterocycles. The fourth-order valence-electron chi connectivity index (χ4n) is 4.12. The third-order valence-electron chi connectivity index (χ3n) is 6.06. The molecular formula is C25H25F4N7O. The van der Waals surface area contributed by atoms with Gasteiger partial charge in [0.25, 0.3) is 5.91 Å². The van der Waals surface area contributed by atoms with E-state index in [1.165, 1.54) is 35.4 Å². The third-order valence-corrected chi connectivity index (χ3v) is 6.06. The van der Waals surface area contributed by atoms with Crippen LogP contribution in [-0.4, -0.2) is 49.3 Å². The van der Waals surface area contributed by atoms with E-state index in [0.717, 1.165) is 11.3 Å². The first-order valence-electron chi connectivity index (χ1n) is 11.7. The highest BCUT2D eigenvalue weighted by Crippen LogP contribution is 2.35. The molecule has 0 saturated carbocycles. The molecule has 194 valence electrons. The van der Waals surface area contributed by atoms with Crippen LogP contribution in [0.15, 0.2) is 54.2 Å². The Labute approximate surface area is 210 Å². The summed E-state index contributed by atoms with van der Waals surface area (Å²) in [5, 5.41) is 8.17. The van der Waals surface area contributed by atoms with Crippen LogP contribution in [0.5, 0.6) is 0 Å². The number of aliphatic imine (C=N–C) groups is 1. The van der Waals surface area contributed by atoms with Crippen molar-refractivity contribution in [3.63, 3.8) is 0 Å². The van der Waals surface area contributed by atoms with Crippen molar-refractivity contribution in [1.29, 1.82) is 0 Å². The van der Waals surface area contributed by atoms with Crippen molar-refractivity contribution >= 4 is 28.6 Å². The Hall–Kier alpha value is -3.96. The molecule has 37 heavy (non-hydrogen) atoms. The average molecular weight is 516 g/mol. The Bertz CT molecular complexity index is 1320. The normalized spacial score (nSPS) is 17.1. The maximum atomic E-state index is 14.5. The molecule has 0 aliphatic carbocycles. The van der Waals surface area contributed by atoms with Crippen LogP contribution in [0.25, 0.3) is 5.57 Å². The number of fused-ring (bicyclic) bond motifs is 1. The summed E-state index contributed by atoms with van der Waals surface area (Å²) in [6.07, 6.45) is 4.82. The lowest BCUT2D eigenvalue weighted by atomic mass is 10.1. The summed E-state index contributed by atoms with van der Waals surface area (Å²) in [6, 6.07) is 2.74. The van der Waals surface area contributed by atoms with Crippen LogP contribution in [0.2, 0.25) is 0 Å². The molecular weight excluding hydrogens is 490 g/mol. The van der Waals surface area contributed by atoms with E-state index in [4.69, 9.17) is 0 Å². The number of aromatic nitrogens is 5. The minimum absolute atomic E-state index is 0.0727. The van der Waals surface area contributed by atoms with E-state index in [9.17, 15) is 22.4 Å². The molecule has 4 rings (SSSR count). The molecule has 1 amide bonds. The van der Waals surface area contributed by atoms with Gasteiger partial charge < -0.3 is 4.90 Å². The summed E-state index contributed by atoms with van der Waals surface area (Å²) < 4.78 is 55.8. The number of hydrogen-bond acceptors (Lipinski definition) is 6. The number of allylic oxidation sites excluding steroid dienone is 2. The zero-order valence-electron chi connectivity index (χ0n) is 20.3. The highest BCUT2D eigenvalue weighted by Gasteiger charge is 2.40. The first-order valence-corrected chi connectivity index (χ1v) is 11.7. The van der Waals surface area contributed by atoms with Gasteiger partial charge in [0.05, 0.1) is 30.0 Å². The second kappa shape index (κ2) is 11.0. The largest absolute Gasteiger partial charge is 0.406 e. The van der Waals surface area contributed by atoms with E-state index >= 15 is 0 Å². The number of anilines is 1. The highest BCUT2D eigenvalue weighted by atomic mass is 19.4. The van der Waals surface area contributed by atoms with Gasteiger partial charge >= 0.3 is 6.18 Å². The Kier molecular flexibility index (Phi) is 7.74. The first kappa shape index (κ1) is 26.1. The Morgan fingerprint density at radius 2 is 2.00 bits per heavy atom. The molecule has 1 atom stereocenters. The van der Waals surface area contributed by atoms with Crippen LogP contribution in [-0.2, 0) is 11.2 Å². The molecule has 3 aromatic rings. The Morgan fingerprint density at radius 3 is 2.70 bits per heavy atom. The number of carbonyl (C=O) groups excluding carboxylic acids is 1. The van der Waals surface area contributed by atoms with E-state index in [-0.39, 0.29) is 24.1 Å². The lowest BCUT2D eigenvalue weighted by Crippen LogP contribution is -2.42. The Morgan fingerprint density at radius 1 is 1.24 bits per heavy atom. The molecule has 8 nitrogen and oxygen atoms in total.